The summed E-state index contributed by atoms with van der Waals surface area (Å²) in [5.41, 5.74) is -0.787. The molecule has 1 N–H and O–H groups in total. The van der Waals surface area contributed by atoms with Crippen molar-refractivity contribution in [3.05, 3.63) is 12.2 Å². The van der Waals surface area contributed by atoms with Gasteiger partial charge in [0.1, 0.15) is 6.42 Å². The molecule has 1 aliphatic rings. The van der Waals surface area contributed by atoms with Crippen LogP contribution in [0.4, 0.5) is 0 Å². The number of hydrogen-bond donors (Lipinski definition) is 1. The maximum Gasteiger partial charge on any atom is 0.310 e. The van der Waals surface area contributed by atoms with Crippen LogP contribution in [0, 0.1) is 10.8 Å². The van der Waals surface area contributed by atoms with E-state index in [1.54, 1.807) is 0 Å². The zero-order valence-electron chi connectivity index (χ0n) is 8.83. The first-order chi connectivity index (χ1) is 6.29. The van der Waals surface area contributed by atoms with E-state index in [0.717, 1.165) is 0 Å². The summed E-state index contributed by atoms with van der Waals surface area (Å²) >= 11 is 0. The van der Waals surface area contributed by atoms with Crippen molar-refractivity contribution < 1.29 is 14.7 Å². The molecule has 0 heterocycles. The first-order valence-electron chi connectivity index (χ1n) is 4.72. The Balaban J connectivity index is 2.86. The minimum atomic E-state index is -1.04. The average molecular weight is 196 g/mol. The second-order valence-corrected chi connectivity index (χ2v) is 4.65. The predicted octanol–water partition coefficient (Wildman–Crippen LogP) is 2.02. The van der Waals surface area contributed by atoms with E-state index in [0.29, 0.717) is 6.42 Å². The van der Waals surface area contributed by atoms with Gasteiger partial charge in [-0.2, -0.15) is 0 Å². The lowest BCUT2D eigenvalue weighted by atomic mass is 9.66. The molecule has 0 aliphatic heterocycles. The third-order valence-corrected chi connectivity index (χ3v) is 3.41. The smallest absolute Gasteiger partial charge is 0.310 e. The maximum absolute atomic E-state index is 11.8. The Bertz CT molecular complexity index is 302. The summed E-state index contributed by atoms with van der Waals surface area (Å²) in [5, 5.41) is 8.59. The lowest BCUT2D eigenvalue weighted by Gasteiger charge is -2.36. The van der Waals surface area contributed by atoms with Crippen molar-refractivity contribution in [3.8, 4) is 0 Å². The van der Waals surface area contributed by atoms with Crippen LogP contribution in [0.25, 0.3) is 0 Å². The van der Waals surface area contributed by atoms with Crippen LogP contribution in [0.1, 0.15) is 33.6 Å². The second-order valence-electron chi connectivity index (χ2n) is 4.65. The SMILES string of the molecule is CC1(C)C=CC[C@@]1(C)C(=O)CC(=O)O. The lowest BCUT2D eigenvalue weighted by Crippen LogP contribution is -2.38. The zero-order valence-corrected chi connectivity index (χ0v) is 8.83. The molecule has 0 radical (unpaired) electrons. The van der Waals surface area contributed by atoms with Gasteiger partial charge in [-0.1, -0.05) is 32.9 Å². The van der Waals surface area contributed by atoms with Crippen molar-refractivity contribution in [2.75, 3.05) is 0 Å². The van der Waals surface area contributed by atoms with Gasteiger partial charge >= 0.3 is 5.97 Å². The van der Waals surface area contributed by atoms with Crippen LogP contribution in [0.3, 0.4) is 0 Å². The normalized spacial score (nSPS) is 29.1. The Morgan fingerprint density at radius 3 is 2.29 bits per heavy atom. The van der Waals surface area contributed by atoms with E-state index >= 15 is 0 Å². The molecule has 0 fully saturated rings. The fourth-order valence-electron chi connectivity index (χ4n) is 1.84. The van der Waals surface area contributed by atoms with Gasteiger partial charge in [-0.3, -0.25) is 9.59 Å². The Morgan fingerprint density at radius 1 is 1.36 bits per heavy atom. The molecule has 3 nitrogen and oxygen atoms in total. The van der Waals surface area contributed by atoms with Crippen LogP contribution < -0.4 is 0 Å². The molecule has 78 valence electrons. The largest absolute Gasteiger partial charge is 0.481 e. The van der Waals surface area contributed by atoms with Crippen molar-refractivity contribution in [1.82, 2.24) is 0 Å². The van der Waals surface area contributed by atoms with Crippen molar-refractivity contribution >= 4 is 11.8 Å². The number of carboxylic acid groups (broad SMARTS) is 1. The summed E-state index contributed by atoms with van der Waals surface area (Å²) in [7, 11) is 0. The van der Waals surface area contributed by atoms with Gasteiger partial charge in [-0.25, -0.2) is 0 Å². The number of carbonyl (C=O) groups is 2. The van der Waals surface area contributed by atoms with E-state index in [2.05, 4.69) is 0 Å². The van der Waals surface area contributed by atoms with Gasteiger partial charge in [0.25, 0.3) is 0 Å². The lowest BCUT2D eigenvalue weighted by molar-refractivity contribution is -0.144. The maximum atomic E-state index is 11.8. The monoisotopic (exact) mass is 196 g/mol. The van der Waals surface area contributed by atoms with E-state index in [9.17, 15) is 9.59 Å². The summed E-state index contributed by atoms with van der Waals surface area (Å²) in [6.07, 6.45) is 4.22. The highest BCUT2D eigenvalue weighted by atomic mass is 16.4. The first kappa shape index (κ1) is 11.0. The highest BCUT2D eigenvalue weighted by molar-refractivity contribution is 5.98. The molecule has 0 aromatic carbocycles. The third kappa shape index (κ3) is 1.59. The van der Waals surface area contributed by atoms with E-state index < -0.39 is 11.4 Å². The summed E-state index contributed by atoms with van der Waals surface area (Å²) in [6, 6.07) is 0. The van der Waals surface area contributed by atoms with Crippen molar-refractivity contribution in [1.29, 1.82) is 0 Å². The van der Waals surface area contributed by atoms with Gasteiger partial charge in [0.2, 0.25) is 0 Å². The Hall–Kier alpha value is -1.12. The second kappa shape index (κ2) is 3.23. The molecule has 0 amide bonds. The molecular weight excluding hydrogens is 180 g/mol. The average Bonchev–Trinajstić information content (AvgIpc) is 2.26. The fraction of sp³-hybridized carbons (Fsp3) is 0.636. The van der Waals surface area contributed by atoms with E-state index in [1.807, 2.05) is 32.9 Å². The minimum absolute atomic E-state index is 0.181. The van der Waals surface area contributed by atoms with Crippen LogP contribution in [0.5, 0.6) is 0 Å². The minimum Gasteiger partial charge on any atom is -0.481 e. The molecule has 1 rings (SSSR count). The molecule has 1 aliphatic carbocycles. The number of hydrogen-bond acceptors (Lipinski definition) is 2. The molecule has 0 saturated carbocycles. The molecule has 0 aromatic heterocycles. The number of aliphatic carboxylic acids is 1. The van der Waals surface area contributed by atoms with Gasteiger partial charge in [0.15, 0.2) is 5.78 Å². The molecule has 0 bridgehead atoms. The number of ketones is 1. The van der Waals surface area contributed by atoms with Gasteiger partial charge < -0.3 is 5.11 Å². The number of rotatable bonds is 3. The summed E-state index contributed by atoms with van der Waals surface area (Å²) in [5.74, 6) is -1.22. The van der Waals surface area contributed by atoms with Crippen LogP contribution in [-0.4, -0.2) is 16.9 Å². The van der Waals surface area contributed by atoms with E-state index in [1.165, 1.54) is 0 Å². The number of carboxylic acids is 1. The van der Waals surface area contributed by atoms with Crippen molar-refractivity contribution in [3.63, 3.8) is 0 Å². The topological polar surface area (TPSA) is 54.4 Å². The molecular formula is C11H16O3. The van der Waals surface area contributed by atoms with Crippen molar-refractivity contribution in [2.45, 2.75) is 33.6 Å². The van der Waals surface area contributed by atoms with Crippen molar-refractivity contribution in [2.24, 2.45) is 10.8 Å². The number of allylic oxidation sites excluding steroid dienone is 2. The molecule has 0 spiro atoms. The Kier molecular flexibility index (Phi) is 2.52. The Morgan fingerprint density at radius 2 is 1.93 bits per heavy atom. The Labute approximate surface area is 83.8 Å². The van der Waals surface area contributed by atoms with Gasteiger partial charge in [0.05, 0.1) is 0 Å². The number of Topliss-reactive ketones (excluding diaryl/α,β-unsaturated/α-hetero) is 1. The van der Waals surface area contributed by atoms with Crippen LogP contribution >= 0.6 is 0 Å². The van der Waals surface area contributed by atoms with Crippen LogP contribution in [0.15, 0.2) is 12.2 Å². The summed E-state index contributed by atoms with van der Waals surface area (Å²) in [4.78, 5) is 22.3. The summed E-state index contributed by atoms with van der Waals surface area (Å²) in [6.45, 7) is 5.78. The molecule has 0 aromatic rings. The zero-order chi connectivity index (χ0) is 11.0. The predicted molar refractivity (Wildman–Crippen MR) is 52.9 cm³/mol. The van der Waals surface area contributed by atoms with Crippen LogP contribution in [-0.2, 0) is 9.59 Å². The van der Waals surface area contributed by atoms with Gasteiger partial charge in [-0.15, -0.1) is 0 Å². The van der Waals surface area contributed by atoms with E-state index in [-0.39, 0.29) is 17.6 Å². The summed E-state index contributed by atoms with van der Waals surface area (Å²) < 4.78 is 0. The molecule has 1 atom stereocenters. The molecule has 0 unspecified atom stereocenters. The number of carbonyl (C=O) groups excluding carboxylic acids is 1. The quantitative estimate of drug-likeness (QED) is 0.555. The molecule has 14 heavy (non-hydrogen) atoms. The highest BCUT2D eigenvalue weighted by Crippen LogP contribution is 2.48. The molecule has 3 heteroatoms. The molecule has 0 saturated heterocycles. The third-order valence-electron chi connectivity index (χ3n) is 3.41. The van der Waals surface area contributed by atoms with Gasteiger partial charge in [0, 0.05) is 5.41 Å². The highest BCUT2D eigenvalue weighted by Gasteiger charge is 2.47. The fourth-order valence-corrected chi connectivity index (χ4v) is 1.84. The first-order valence-corrected chi connectivity index (χ1v) is 4.72. The van der Waals surface area contributed by atoms with Crippen LogP contribution in [0.2, 0.25) is 0 Å². The standard InChI is InChI=1S/C11H16O3/c1-10(2)5-4-6-11(10,3)8(12)7-9(13)14/h4-5H,6-7H2,1-3H3,(H,13,14)/t11-/m0/s1. The van der Waals surface area contributed by atoms with Gasteiger partial charge in [-0.05, 0) is 11.8 Å². The van der Waals surface area contributed by atoms with E-state index in [4.69, 9.17) is 5.11 Å².